The average molecular weight is 378 g/mol. The number of hydrogen-bond donors (Lipinski definition) is 2. The maximum absolute atomic E-state index is 10.1. The van der Waals surface area contributed by atoms with Gasteiger partial charge in [-0.3, -0.25) is 0 Å². The lowest BCUT2D eigenvalue weighted by atomic mass is 9.65. The Morgan fingerprint density at radius 2 is 1.38 bits per heavy atom. The average Bonchev–Trinajstić information content (AvgIpc) is 3.11. The first-order valence-electron chi connectivity index (χ1n) is 9.82. The molecule has 0 saturated carbocycles. The molecule has 29 heavy (non-hydrogen) atoms. The normalized spacial score (nSPS) is 16.1. The highest BCUT2D eigenvalue weighted by atomic mass is 16.3. The topological polar surface area (TPSA) is 40.5 Å². The Morgan fingerprint density at radius 1 is 0.759 bits per heavy atom. The van der Waals surface area contributed by atoms with Gasteiger partial charge in [0.2, 0.25) is 0 Å². The predicted molar refractivity (Wildman–Crippen MR) is 117 cm³/mol. The number of phenols is 2. The van der Waals surface area contributed by atoms with E-state index in [-0.39, 0.29) is 0 Å². The maximum Gasteiger partial charge on any atom is 0.118 e. The molecule has 2 N–H and O–H groups in total. The van der Waals surface area contributed by atoms with Gasteiger partial charge >= 0.3 is 0 Å². The molecule has 0 heterocycles. The van der Waals surface area contributed by atoms with Crippen LogP contribution < -0.4 is 10.4 Å². The lowest BCUT2D eigenvalue weighted by Crippen LogP contribution is -2.35. The first kappa shape index (κ1) is 17.6. The SMILES string of the molecule is Cc1cc(C2(c3ccc(O)c(C)c3)C=CC=C3C=c4ccccc4=C32)ccc1O. The molecule has 0 amide bonds. The summed E-state index contributed by atoms with van der Waals surface area (Å²) in [5, 5.41) is 22.7. The van der Waals surface area contributed by atoms with Crippen molar-refractivity contribution in [3.05, 3.63) is 117 Å². The number of hydrogen-bond acceptors (Lipinski definition) is 2. The van der Waals surface area contributed by atoms with Crippen LogP contribution in [0.2, 0.25) is 0 Å². The minimum Gasteiger partial charge on any atom is -0.508 e. The minimum absolute atomic E-state index is 0.296. The molecule has 0 aromatic heterocycles. The third kappa shape index (κ3) is 2.49. The van der Waals surface area contributed by atoms with Gasteiger partial charge in [-0.1, -0.05) is 66.8 Å². The third-order valence-corrected chi connectivity index (χ3v) is 6.15. The molecule has 2 nitrogen and oxygen atoms in total. The van der Waals surface area contributed by atoms with Crippen molar-refractivity contribution in [3.8, 4) is 11.5 Å². The molecule has 0 fully saturated rings. The van der Waals surface area contributed by atoms with E-state index >= 15 is 0 Å². The van der Waals surface area contributed by atoms with Gasteiger partial charge in [-0.2, -0.15) is 0 Å². The Hall–Kier alpha value is -3.52. The molecule has 2 heteroatoms. The Balaban J connectivity index is 1.93. The fraction of sp³-hybridized carbons (Fsp3) is 0.111. The second-order valence-electron chi connectivity index (χ2n) is 7.90. The lowest BCUT2D eigenvalue weighted by molar-refractivity contribution is 0.470. The van der Waals surface area contributed by atoms with Gasteiger partial charge in [0.15, 0.2) is 0 Å². The van der Waals surface area contributed by atoms with Crippen molar-refractivity contribution in [3.63, 3.8) is 0 Å². The summed E-state index contributed by atoms with van der Waals surface area (Å²) in [4.78, 5) is 0. The smallest absolute Gasteiger partial charge is 0.118 e. The van der Waals surface area contributed by atoms with Gasteiger partial charge in [0.05, 0.1) is 5.41 Å². The summed E-state index contributed by atoms with van der Waals surface area (Å²) in [6.07, 6.45) is 8.75. The van der Waals surface area contributed by atoms with Crippen LogP contribution in [0.4, 0.5) is 0 Å². The van der Waals surface area contributed by atoms with E-state index in [9.17, 15) is 10.2 Å². The van der Waals surface area contributed by atoms with Crippen LogP contribution in [0.25, 0.3) is 11.6 Å². The van der Waals surface area contributed by atoms with Crippen molar-refractivity contribution in [1.29, 1.82) is 0 Å². The molecule has 0 spiro atoms. The summed E-state index contributed by atoms with van der Waals surface area (Å²) in [6, 6.07) is 20.2. The van der Waals surface area contributed by atoms with Gasteiger partial charge in [0, 0.05) is 0 Å². The molecule has 142 valence electrons. The van der Waals surface area contributed by atoms with E-state index in [0.29, 0.717) is 11.5 Å². The van der Waals surface area contributed by atoms with Gasteiger partial charge in [-0.05, 0) is 75.9 Å². The van der Waals surface area contributed by atoms with E-state index in [2.05, 4.69) is 60.7 Å². The van der Waals surface area contributed by atoms with Crippen LogP contribution in [0.5, 0.6) is 11.5 Å². The Bertz CT molecular complexity index is 1290. The van der Waals surface area contributed by atoms with Crippen molar-refractivity contribution in [1.82, 2.24) is 0 Å². The summed E-state index contributed by atoms with van der Waals surface area (Å²) < 4.78 is 0. The van der Waals surface area contributed by atoms with Crippen molar-refractivity contribution in [2.75, 3.05) is 0 Å². The third-order valence-electron chi connectivity index (χ3n) is 6.15. The van der Waals surface area contributed by atoms with E-state index in [1.54, 1.807) is 12.1 Å². The second-order valence-corrected chi connectivity index (χ2v) is 7.90. The van der Waals surface area contributed by atoms with E-state index in [0.717, 1.165) is 22.3 Å². The first-order valence-corrected chi connectivity index (χ1v) is 9.82. The largest absolute Gasteiger partial charge is 0.508 e. The predicted octanol–water partition coefficient (Wildman–Crippen LogP) is 4.14. The minimum atomic E-state index is -0.510. The molecule has 5 rings (SSSR count). The molecule has 2 aliphatic carbocycles. The number of aromatic hydroxyl groups is 2. The number of rotatable bonds is 2. The number of benzene rings is 3. The number of phenolic OH excluding ortho intramolecular Hbond substituents is 2. The van der Waals surface area contributed by atoms with Crippen LogP contribution in [0, 0.1) is 13.8 Å². The summed E-state index contributed by atoms with van der Waals surface area (Å²) >= 11 is 0. The molecule has 0 unspecified atom stereocenters. The summed E-state index contributed by atoms with van der Waals surface area (Å²) in [6.45, 7) is 3.86. The zero-order valence-electron chi connectivity index (χ0n) is 16.5. The zero-order chi connectivity index (χ0) is 20.2. The van der Waals surface area contributed by atoms with Gasteiger partial charge in [0.1, 0.15) is 11.5 Å². The quantitative estimate of drug-likeness (QED) is 0.704. The molecule has 0 bridgehead atoms. The highest BCUT2D eigenvalue weighted by Gasteiger charge is 2.40. The highest BCUT2D eigenvalue weighted by Crippen LogP contribution is 2.48. The molecule has 0 atom stereocenters. The number of fused-ring (bicyclic) bond motifs is 2. The molecule has 0 radical (unpaired) electrons. The van der Waals surface area contributed by atoms with E-state index in [4.69, 9.17) is 0 Å². The number of aryl methyl sites for hydroxylation is 2. The molecule has 3 aromatic rings. The summed E-state index contributed by atoms with van der Waals surface area (Å²) in [5.74, 6) is 0.592. The summed E-state index contributed by atoms with van der Waals surface area (Å²) in [5.41, 5.74) is 5.82. The molecular formula is C27H22O2. The summed E-state index contributed by atoms with van der Waals surface area (Å²) in [7, 11) is 0. The Morgan fingerprint density at radius 3 is 2.00 bits per heavy atom. The van der Waals surface area contributed by atoms with Gasteiger partial charge in [-0.25, -0.2) is 0 Å². The highest BCUT2D eigenvalue weighted by molar-refractivity contribution is 5.93. The fourth-order valence-corrected chi connectivity index (χ4v) is 4.65. The molecule has 3 aromatic carbocycles. The molecule has 0 aliphatic heterocycles. The van der Waals surface area contributed by atoms with Gasteiger partial charge in [-0.15, -0.1) is 0 Å². The molecule has 2 aliphatic rings. The van der Waals surface area contributed by atoms with Crippen molar-refractivity contribution in [2.24, 2.45) is 0 Å². The monoisotopic (exact) mass is 378 g/mol. The zero-order valence-corrected chi connectivity index (χ0v) is 16.5. The first-order chi connectivity index (χ1) is 14.0. The van der Waals surface area contributed by atoms with Gasteiger partial charge < -0.3 is 10.2 Å². The lowest BCUT2D eigenvalue weighted by Gasteiger charge is -2.37. The fourth-order valence-electron chi connectivity index (χ4n) is 4.65. The van der Waals surface area contributed by atoms with Crippen LogP contribution in [0.15, 0.2) is 84.5 Å². The van der Waals surface area contributed by atoms with Crippen LogP contribution in [-0.2, 0) is 5.41 Å². The van der Waals surface area contributed by atoms with Crippen molar-refractivity contribution in [2.45, 2.75) is 19.3 Å². The molecule has 0 saturated heterocycles. The Kier molecular flexibility index (Phi) is 3.78. The maximum atomic E-state index is 10.1. The van der Waals surface area contributed by atoms with E-state index in [1.165, 1.54) is 21.6 Å². The van der Waals surface area contributed by atoms with E-state index < -0.39 is 5.41 Å². The Labute approximate surface area is 170 Å². The van der Waals surface area contributed by atoms with Gasteiger partial charge in [0.25, 0.3) is 0 Å². The van der Waals surface area contributed by atoms with Crippen LogP contribution in [0.3, 0.4) is 0 Å². The van der Waals surface area contributed by atoms with Crippen LogP contribution in [0.1, 0.15) is 22.3 Å². The molecular weight excluding hydrogens is 356 g/mol. The van der Waals surface area contributed by atoms with E-state index in [1.807, 2.05) is 26.0 Å². The van der Waals surface area contributed by atoms with Crippen LogP contribution in [-0.4, -0.2) is 10.2 Å². The van der Waals surface area contributed by atoms with Crippen LogP contribution >= 0.6 is 0 Å². The van der Waals surface area contributed by atoms with Crippen molar-refractivity contribution < 1.29 is 10.2 Å². The second kappa shape index (κ2) is 6.25. The standard InChI is InChI=1S/C27H22O2/c1-17-14-21(9-11-24(17)28)27(22-10-12-25(29)18(2)15-22)13-5-7-20-16-19-6-3-4-8-23(19)26(20)27/h3-16,28-29H,1-2H3. The number of allylic oxidation sites excluding steroid dienone is 4. The van der Waals surface area contributed by atoms with Crippen molar-refractivity contribution >= 4 is 11.6 Å².